The van der Waals surface area contributed by atoms with Crippen molar-refractivity contribution < 1.29 is 39.7 Å². The van der Waals surface area contributed by atoms with Gasteiger partial charge in [-0.25, -0.2) is 5.32 Å². The standard InChI is InChI=1S/C9H11NO2.2ClH/c1-2-12-9(11)10-8-6-4-3-5-7-8;;/h3-7H,2H2,1H3,(H,10,11);2*1H/p-1. The summed E-state index contributed by atoms with van der Waals surface area (Å²) in [5.74, 6) is 0. The van der Waals surface area contributed by atoms with Gasteiger partial charge in [0.25, 0.3) is 0 Å². The maximum atomic E-state index is 10.9. The van der Waals surface area contributed by atoms with Crippen molar-refractivity contribution in [2.24, 2.45) is 0 Å². The van der Waals surface area contributed by atoms with Gasteiger partial charge in [-0.1, -0.05) is 18.2 Å². The summed E-state index contributed by atoms with van der Waals surface area (Å²) in [6.07, 6.45) is -0.288. The van der Waals surface area contributed by atoms with Crippen molar-refractivity contribution >= 4 is 11.8 Å². The molecule has 0 heterocycles. The first-order valence-corrected chi connectivity index (χ1v) is 3.89. The van der Waals surface area contributed by atoms with Crippen molar-refractivity contribution in [2.75, 3.05) is 6.61 Å². The van der Waals surface area contributed by atoms with Crippen molar-refractivity contribution in [2.45, 2.75) is 6.92 Å². The van der Waals surface area contributed by atoms with Gasteiger partial charge in [-0.3, -0.25) is 0 Å². The fraction of sp³-hybridized carbons (Fsp3) is 0.222. The minimum absolute atomic E-state index is 0. The van der Waals surface area contributed by atoms with Gasteiger partial charge in [-0.05, 0) is 19.1 Å². The van der Waals surface area contributed by atoms with Crippen LogP contribution in [-0.4, -0.2) is 12.7 Å². The highest BCUT2D eigenvalue weighted by molar-refractivity contribution is 5.58. The number of benzene rings is 1. The van der Waals surface area contributed by atoms with Crippen LogP contribution < -0.4 is 30.1 Å². The highest BCUT2D eigenvalue weighted by Gasteiger charge is 2.06. The smallest absolute Gasteiger partial charge is 0.517 e. The monoisotopic (exact) mass is 236 g/mol. The molecule has 1 rings (SSSR count). The number of halogens is 2. The molecule has 0 atom stereocenters. The van der Waals surface area contributed by atoms with Crippen molar-refractivity contribution in [1.29, 1.82) is 0 Å². The van der Waals surface area contributed by atoms with Crippen LogP contribution in [0.4, 0.5) is 10.5 Å². The molecule has 0 aromatic heterocycles. The first-order chi connectivity index (χ1) is 5.83. The van der Waals surface area contributed by atoms with E-state index < -0.39 is 0 Å². The molecular weight excluding hydrogens is 225 g/mol. The molecule has 1 aromatic rings. The van der Waals surface area contributed by atoms with Gasteiger partial charge in [-0.15, -0.1) is 0 Å². The first kappa shape index (κ1) is 15.7. The Morgan fingerprint density at radius 1 is 1.29 bits per heavy atom. The predicted octanol–water partition coefficient (Wildman–Crippen LogP) is -4.95. The van der Waals surface area contributed by atoms with Crippen LogP contribution in [0, 0.1) is 0 Å². The predicted molar refractivity (Wildman–Crippen MR) is 45.0 cm³/mol. The summed E-state index contributed by atoms with van der Waals surface area (Å²) in [5.41, 5.74) is 0.871. The third-order valence-corrected chi connectivity index (χ3v) is 1.37. The van der Waals surface area contributed by atoms with Gasteiger partial charge in [0.1, 0.15) is 5.69 Å². The lowest BCUT2D eigenvalue weighted by atomic mass is 10.3. The largest absolute Gasteiger partial charge is 1.00 e. The third-order valence-electron chi connectivity index (χ3n) is 1.37. The molecule has 2 N–H and O–H groups in total. The van der Waals surface area contributed by atoms with Crippen LogP contribution in [0.1, 0.15) is 6.92 Å². The van der Waals surface area contributed by atoms with E-state index in [1.807, 2.05) is 30.3 Å². The molecule has 0 saturated carbocycles. The average molecular weight is 237 g/mol. The molecule has 0 saturated heterocycles. The lowest BCUT2D eigenvalue weighted by molar-refractivity contribution is -0.482. The van der Waals surface area contributed by atoms with Crippen molar-refractivity contribution in [3.05, 3.63) is 30.3 Å². The average Bonchev–Trinajstić information content (AvgIpc) is 2.06. The fourth-order valence-corrected chi connectivity index (χ4v) is 0.869. The van der Waals surface area contributed by atoms with Crippen LogP contribution in [0.3, 0.4) is 0 Å². The van der Waals surface area contributed by atoms with Gasteiger partial charge in [0.2, 0.25) is 0 Å². The van der Waals surface area contributed by atoms with Gasteiger partial charge >= 0.3 is 6.09 Å². The number of nitrogens with two attached hydrogens (primary N) is 1. The first-order valence-electron chi connectivity index (χ1n) is 3.89. The van der Waals surface area contributed by atoms with Crippen LogP contribution in [0.25, 0.3) is 0 Å². The number of para-hydroxylation sites is 1. The van der Waals surface area contributed by atoms with E-state index in [0.29, 0.717) is 6.61 Å². The van der Waals surface area contributed by atoms with Crippen LogP contribution in [0.15, 0.2) is 30.3 Å². The summed E-state index contributed by atoms with van der Waals surface area (Å²) in [6, 6.07) is 9.38. The highest BCUT2D eigenvalue weighted by atomic mass is 35.5. The molecule has 1 aromatic carbocycles. The molecule has 0 aliphatic carbocycles. The fourth-order valence-electron chi connectivity index (χ4n) is 0.869. The minimum Gasteiger partial charge on any atom is -1.00 e. The molecule has 14 heavy (non-hydrogen) atoms. The van der Waals surface area contributed by atoms with Gasteiger partial charge < -0.3 is 29.6 Å². The maximum absolute atomic E-state index is 10.9. The Morgan fingerprint density at radius 2 is 1.86 bits per heavy atom. The van der Waals surface area contributed by atoms with E-state index in [0.717, 1.165) is 5.69 Å². The Labute approximate surface area is 95.7 Å². The third kappa shape index (κ3) is 5.80. The number of hydrogen-bond acceptors (Lipinski definition) is 2. The summed E-state index contributed by atoms with van der Waals surface area (Å²) in [4.78, 5) is 10.9. The summed E-state index contributed by atoms with van der Waals surface area (Å²) in [6.45, 7) is 2.21. The van der Waals surface area contributed by atoms with E-state index in [4.69, 9.17) is 4.74 Å². The molecule has 5 heteroatoms. The Kier molecular flexibility index (Phi) is 9.88. The molecule has 0 unspecified atom stereocenters. The Bertz CT molecular complexity index is 254. The van der Waals surface area contributed by atoms with E-state index in [1.165, 1.54) is 5.32 Å². The Hall–Kier alpha value is -0.770. The topological polar surface area (TPSA) is 42.9 Å². The second-order valence-corrected chi connectivity index (χ2v) is 2.31. The molecule has 80 valence electrons. The van der Waals surface area contributed by atoms with Gasteiger partial charge in [-0.2, -0.15) is 4.79 Å². The van der Waals surface area contributed by atoms with E-state index in [2.05, 4.69) is 0 Å². The van der Waals surface area contributed by atoms with E-state index in [-0.39, 0.29) is 30.9 Å². The molecule has 3 nitrogen and oxygen atoms in total. The van der Waals surface area contributed by atoms with E-state index >= 15 is 0 Å². The Morgan fingerprint density at radius 3 is 2.36 bits per heavy atom. The number of ether oxygens (including phenoxy) is 1. The Balaban J connectivity index is 0. The van der Waals surface area contributed by atoms with E-state index in [9.17, 15) is 4.79 Å². The second-order valence-electron chi connectivity index (χ2n) is 2.31. The molecule has 0 bridgehead atoms. The molecule has 0 spiro atoms. The van der Waals surface area contributed by atoms with E-state index in [1.54, 1.807) is 6.92 Å². The lowest BCUT2D eigenvalue weighted by Crippen LogP contribution is -3.00. The summed E-state index contributed by atoms with van der Waals surface area (Å²) in [7, 11) is 0. The van der Waals surface area contributed by atoms with Crippen LogP contribution >= 0.6 is 0 Å². The zero-order valence-electron chi connectivity index (χ0n) is 7.74. The number of quaternary nitrogens is 1. The number of hydrogen-bond donors (Lipinski definition) is 1. The van der Waals surface area contributed by atoms with Crippen LogP contribution in [0.5, 0.6) is 0 Å². The quantitative estimate of drug-likeness (QED) is 0.524. The number of carbonyl (C=O) groups is 1. The molecule has 0 aliphatic heterocycles. The highest BCUT2D eigenvalue weighted by Crippen LogP contribution is 1.95. The van der Waals surface area contributed by atoms with Crippen molar-refractivity contribution in [1.82, 2.24) is 0 Å². The second kappa shape index (κ2) is 8.81. The van der Waals surface area contributed by atoms with Crippen molar-refractivity contribution in [3.63, 3.8) is 0 Å². The SMILES string of the molecule is CCOC(=O)[NH2+]c1ccccc1.[Cl-].[Cl-]. The van der Waals surface area contributed by atoms with Gasteiger partial charge in [0, 0.05) is 0 Å². The van der Waals surface area contributed by atoms with Crippen LogP contribution in [0.2, 0.25) is 0 Å². The summed E-state index contributed by atoms with van der Waals surface area (Å²) in [5, 5.41) is 1.48. The van der Waals surface area contributed by atoms with Gasteiger partial charge in [0.05, 0.1) is 6.61 Å². The molecular formula is C9H12Cl2NO2-. The zero-order valence-corrected chi connectivity index (χ0v) is 9.26. The molecule has 0 radical (unpaired) electrons. The summed E-state index contributed by atoms with van der Waals surface area (Å²) >= 11 is 0. The van der Waals surface area contributed by atoms with Gasteiger partial charge in [0.15, 0.2) is 0 Å². The number of primary amides is 1. The number of amides is 1. The zero-order chi connectivity index (χ0) is 8.81. The van der Waals surface area contributed by atoms with Crippen molar-refractivity contribution in [3.8, 4) is 0 Å². The normalized spacial score (nSPS) is 8.07. The number of rotatable bonds is 2. The minimum atomic E-state index is -0.288. The maximum Gasteiger partial charge on any atom is 0.517 e. The lowest BCUT2D eigenvalue weighted by Gasteiger charge is -1.97. The van der Waals surface area contributed by atoms with Crippen LogP contribution in [-0.2, 0) is 4.74 Å². The molecule has 1 amide bonds. The molecule has 0 fully saturated rings. The summed E-state index contributed by atoms with van der Waals surface area (Å²) < 4.78 is 4.75. The number of carbonyl (C=O) groups excluding carboxylic acids is 1. The molecule has 0 aliphatic rings.